The Labute approximate surface area is 187 Å². The van der Waals surface area contributed by atoms with Gasteiger partial charge in [-0.05, 0) is 45.1 Å². The van der Waals surface area contributed by atoms with Gasteiger partial charge in [0.15, 0.2) is 5.69 Å². The number of carbonyl (C=O) groups excluding carboxylic acids is 3. The number of benzene rings is 1. The number of aryl methyl sites for hydroxylation is 1. The van der Waals surface area contributed by atoms with Crippen molar-refractivity contribution in [2.75, 3.05) is 13.1 Å². The fourth-order valence-corrected chi connectivity index (χ4v) is 4.86. The highest BCUT2D eigenvalue weighted by molar-refractivity contribution is 6.07. The number of hydrogen-bond donors (Lipinski definition) is 1. The quantitative estimate of drug-likeness (QED) is 0.779. The standard InChI is InChI=1S/C24H29N5O3/c1-16-5-7-17(8-6-16)13-25-23(32)24(2)14-28-15-26-19(21(30)27-11-3-4-12-27)20(28)22(31)29(24)18-9-10-18/h5-8,15,18H,3-4,9-14H2,1-2H3,(H,25,32). The number of amides is 3. The summed E-state index contributed by atoms with van der Waals surface area (Å²) in [7, 11) is 0. The second kappa shape index (κ2) is 7.76. The highest BCUT2D eigenvalue weighted by atomic mass is 16.2. The number of nitrogens with zero attached hydrogens (tertiary/aromatic N) is 4. The molecule has 32 heavy (non-hydrogen) atoms. The summed E-state index contributed by atoms with van der Waals surface area (Å²) in [5.41, 5.74) is 1.67. The number of carbonyl (C=O) groups is 3. The van der Waals surface area contributed by atoms with Gasteiger partial charge >= 0.3 is 0 Å². The van der Waals surface area contributed by atoms with E-state index in [9.17, 15) is 14.4 Å². The van der Waals surface area contributed by atoms with Gasteiger partial charge in [0.05, 0.1) is 12.9 Å². The van der Waals surface area contributed by atoms with E-state index < -0.39 is 5.54 Å². The predicted molar refractivity (Wildman–Crippen MR) is 118 cm³/mol. The Morgan fingerprint density at radius 3 is 2.50 bits per heavy atom. The minimum Gasteiger partial charge on any atom is -0.350 e. The van der Waals surface area contributed by atoms with E-state index in [0.717, 1.165) is 36.8 Å². The molecule has 0 radical (unpaired) electrons. The van der Waals surface area contributed by atoms with Gasteiger partial charge < -0.3 is 19.7 Å². The molecule has 1 atom stereocenters. The van der Waals surface area contributed by atoms with Crippen molar-refractivity contribution in [1.29, 1.82) is 0 Å². The number of fused-ring (bicyclic) bond motifs is 1. The minimum absolute atomic E-state index is 0.0241. The normalized spacial score (nSPS) is 22.8. The average Bonchev–Trinajstić information content (AvgIpc) is 3.27. The van der Waals surface area contributed by atoms with Crippen molar-refractivity contribution in [2.24, 2.45) is 0 Å². The van der Waals surface area contributed by atoms with Gasteiger partial charge in [-0.15, -0.1) is 0 Å². The lowest BCUT2D eigenvalue weighted by molar-refractivity contribution is -0.133. The van der Waals surface area contributed by atoms with Crippen molar-refractivity contribution in [3.63, 3.8) is 0 Å². The number of rotatable bonds is 5. The molecular formula is C24H29N5O3. The molecule has 3 amide bonds. The Kier molecular flexibility index (Phi) is 5.03. The maximum absolute atomic E-state index is 13.6. The molecule has 8 nitrogen and oxygen atoms in total. The molecule has 1 aromatic heterocycles. The average molecular weight is 436 g/mol. The van der Waals surface area contributed by atoms with E-state index in [2.05, 4.69) is 10.3 Å². The maximum Gasteiger partial charge on any atom is 0.274 e. The molecule has 1 unspecified atom stereocenters. The van der Waals surface area contributed by atoms with Gasteiger partial charge in [-0.25, -0.2) is 4.98 Å². The molecule has 168 valence electrons. The van der Waals surface area contributed by atoms with Crippen molar-refractivity contribution < 1.29 is 14.4 Å². The van der Waals surface area contributed by atoms with Crippen LogP contribution in [0.15, 0.2) is 30.6 Å². The zero-order valence-electron chi connectivity index (χ0n) is 18.6. The molecule has 1 N–H and O–H groups in total. The van der Waals surface area contributed by atoms with Crippen molar-refractivity contribution in [2.45, 2.75) is 64.2 Å². The van der Waals surface area contributed by atoms with Crippen LogP contribution < -0.4 is 5.32 Å². The largest absolute Gasteiger partial charge is 0.350 e. The van der Waals surface area contributed by atoms with Crippen LogP contribution in [0.5, 0.6) is 0 Å². The van der Waals surface area contributed by atoms with E-state index >= 15 is 0 Å². The summed E-state index contributed by atoms with van der Waals surface area (Å²) in [5, 5.41) is 3.03. The van der Waals surface area contributed by atoms with Gasteiger partial charge in [-0.1, -0.05) is 29.8 Å². The van der Waals surface area contributed by atoms with Gasteiger partial charge in [0.1, 0.15) is 11.2 Å². The van der Waals surface area contributed by atoms with Crippen molar-refractivity contribution in [1.82, 2.24) is 24.7 Å². The second-order valence-corrected chi connectivity index (χ2v) is 9.42. The highest BCUT2D eigenvalue weighted by Crippen LogP contribution is 2.39. The summed E-state index contributed by atoms with van der Waals surface area (Å²) in [6.07, 6.45) is 5.23. The summed E-state index contributed by atoms with van der Waals surface area (Å²) in [6, 6.07) is 8.04. The Morgan fingerprint density at radius 2 is 1.84 bits per heavy atom. The summed E-state index contributed by atoms with van der Waals surface area (Å²) >= 11 is 0. The third kappa shape index (κ3) is 3.47. The van der Waals surface area contributed by atoms with Crippen LogP contribution in [0.2, 0.25) is 0 Å². The van der Waals surface area contributed by atoms with E-state index in [0.29, 0.717) is 25.3 Å². The molecule has 1 saturated carbocycles. The van der Waals surface area contributed by atoms with Crippen LogP contribution in [-0.2, 0) is 17.9 Å². The Morgan fingerprint density at radius 1 is 1.16 bits per heavy atom. The first-order chi connectivity index (χ1) is 15.4. The van der Waals surface area contributed by atoms with Gasteiger partial charge in [-0.2, -0.15) is 0 Å². The molecule has 1 saturated heterocycles. The Balaban J connectivity index is 1.41. The monoisotopic (exact) mass is 435 g/mol. The van der Waals surface area contributed by atoms with Gasteiger partial charge in [0.25, 0.3) is 11.8 Å². The van der Waals surface area contributed by atoms with Gasteiger partial charge in [0.2, 0.25) is 5.91 Å². The minimum atomic E-state index is -1.04. The lowest BCUT2D eigenvalue weighted by atomic mass is 9.93. The first kappa shape index (κ1) is 20.7. The third-order valence-corrected chi connectivity index (χ3v) is 6.84. The molecule has 2 aliphatic heterocycles. The maximum atomic E-state index is 13.6. The van der Waals surface area contributed by atoms with Crippen LogP contribution in [0, 0.1) is 6.92 Å². The van der Waals surface area contributed by atoms with E-state index in [4.69, 9.17) is 0 Å². The number of likely N-dealkylation sites (tertiary alicyclic amines) is 1. The Bertz CT molecular complexity index is 1070. The van der Waals surface area contributed by atoms with Crippen LogP contribution in [0.3, 0.4) is 0 Å². The van der Waals surface area contributed by atoms with E-state index in [1.54, 1.807) is 14.4 Å². The molecule has 2 aromatic rings. The lowest BCUT2D eigenvalue weighted by Gasteiger charge is -2.44. The molecule has 1 aliphatic carbocycles. The fourth-order valence-electron chi connectivity index (χ4n) is 4.86. The number of nitrogens with one attached hydrogen (secondary N) is 1. The molecule has 0 bridgehead atoms. The molecule has 1 aromatic carbocycles. The summed E-state index contributed by atoms with van der Waals surface area (Å²) in [4.78, 5) is 47.8. The summed E-state index contributed by atoms with van der Waals surface area (Å²) in [5.74, 6) is -0.648. The SMILES string of the molecule is Cc1ccc(CNC(=O)C2(C)Cn3cnc(C(=O)N4CCCC4)c3C(=O)N2C2CC2)cc1. The lowest BCUT2D eigenvalue weighted by Crippen LogP contribution is -2.64. The molecule has 3 heterocycles. The third-order valence-electron chi connectivity index (χ3n) is 6.84. The van der Waals surface area contributed by atoms with Gasteiger partial charge in [0, 0.05) is 25.7 Å². The molecule has 8 heteroatoms. The smallest absolute Gasteiger partial charge is 0.274 e. The van der Waals surface area contributed by atoms with Crippen LogP contribution in [-0.4, -0.2) is 61.7 Å². The van der Waals surface area contributed by atoms with Crippen LogP contribution in [0.25, 0.3) is 0 Å². The topological polar surface area (TPSA) is 87.5 Å². The predicted octanol–water partition coefficient (Wildman–Crippen LogP) is 2.12. The molecule has 3 aliphatic rings. The van der Waals surface area contributed by atoms with Gasteiger partial charge in [-0.3, -0.25) is 14.4 Å². The van der Waals surface area contributed by atoms with Crippen molar-refractivity contribution in [3.8, 4) is 0 Å². The first-order valence-electron chi connectivity index (χ1n) is 11.4. The number of aromatic nitrogens is 2. The zero-order chi connectivity index (χ0) is 22.5. The molecule has 0 spiro atoms. The highest BCUT2D eigenvalue weighted by Gasteiger charge is 2.53. The summed E-state index contributed by atoms with van der Waals surface area (Å²) in [6.45, 7) is 5.92. The van der Waals surface area contributed by atoms with E-state index in [1.165, 1.54) is 6.33 Å². The fraction of sp³-hybridized carbons (Fsp3) is 0.500. The van der Waals surface area contributed by atoms with E-state index in [-0.39, 0.29) is 36.0 Å². The second-order valence-electron chi connectivity index (χ2n) is 9.42. The van der Waals surface area contributed by atoms with Crippen LogP contribution in [0.4, 0.5) is 0 Å². The Hall–Kier alpha value is -3.16. The number of imidazole rings is 1. The first-order valence-corrected chi connectivity index (χ1v) is 11.4. The van der Waals surface area contributed by atoms with Crippen molar-refractivity contribution >= 4 is 17.7 Å². The molecule has 5 rings (SSSR count). The number of hydrogen-bond acceptors (Lipinski definition) is 4. The van der Waals surface area contributed by atoms with Crippen molar-refractivity contribution in [3.05, 3.63) is 53.1 Å². The van der Waals surface area contributed by atoms with Crippen LogP contribution in [0.1, 0.15) is 64.7 Å². The van der Waals surface area contributed by atoms with Crippen LogP contribution >= 0.6 is 0 Å². The molecule has 2 fully saturated rings. The van der Waals surface area contributed by atoms with E-state index in [1.807, 2.05) is 38.1 Å². The zero-order valence-corrected chi connectivity index (χ0v) is 18.6. The summed E-state index contributed by atoms with van der Waals surface area (Å²) < 4.78 is 1.69. The molecular weight excluding hydrogens is 406 g/mol.